The number of fused-ring (bicyclic) bond motifs is 1. The van der Waals surface area contributed by atoms with E-state index < -0.39 is 31.5 Å². The van der Waals surface area contributed by atoms with Crippen molar-refractivity contribution in [3.63, 3.8) is 0 Å². The van der Waals surface area contributed by atoms with Crippen LogP contribution in [0.5, 0.6) is 0 Å². The number of benzene rings is 2. The van der Waals surface area contributed by atoms with E-state index in [1.807, 2.05) is 4.90 Å². The first-order valence-electron chi connectivity index (χ1n) is 9.43. The van der Waals surface area contributed by atoms with Gasteiger partial charge in [0.2, 0.25) is 10.0 Å². The molecule has 0 aliphatic carbocycles. The normalized spacial score (nSPS) is 15.4. The van der Waals surface area contributed by atoms with Crippen molar-refractivity contribution in [2.45, 2.75) is 11.8 Å². The molecule has 0 unspecified atom stereocenters. The average molecular weight is 448 g/mol. The second-order valence-electron chi connectivity index (χ2n) is 7.18. The third-order valence-corrected chi connectivity index (χ3v) is 7.14. The van der Waals surface area contributed by atoms with Crippen molar-refractivity contribution in [3.8, 4) is 0 Å². The third-order valence-electron chi connectivity index (χ3n) is 5.21. The van der Waals surface area contributed by atoms with E-state index in [0.29, 0.717) is 30.2 Å². The van der Waals surface area contributed by atoms with Gasteiger partial charge in [0.05, 0.1) is 4.92 Å². The van der Waals surface area contributed by atoms with Crippen LogP contribution in [0.4, 0.5) is 20.2 Å². The van der Waals surface area contributed by atoms with Crippen molar-refractivity contribution in [3.05, 3.63) is 69.9 Å². The van der Waals surface area contributed by atoms with Crippen LogP contribution in [0.3, 0.4) is 0 Å². The van der Waals surface area contributed by atoms with Gasteiger partial charge in [-0.1, -0.05) is 12.1 Å². The average Bonchev–Trinajstić information content (AvgIpc) is 2.72. The largest absolute Gasteiger partial charge is 0.368 e. The smallest absolute Gasteiger partial charge is 0.295 e. The first-order chi connectivity index (χ1) is 14.7. The molecule has 1 aliphatic heterocycles. The van der Waals surface area contributed by atoms with Crippen molar-refractivity contribution >= 4 is 32.3 Å². The Hall–Kier alpha value is -3.18. The Morgan fingerprint density at radius 3 is 2.42 bits per heavy atom. The van der Waals surface area contributed by atoms with E-state index in [-0.39, 0.29) is 24.3 Å². The second-order valence-corrected chi connectivity index (χ2v) is 9.09. The highest BCUT2D eigenvalue weighted by Gasteiger charge is 2.31. The van der Waals surface area contributed by atoms with Crippen molar-refractivity contribution in [2.24, 2.45) is 0 Å². The molecule has 0 amide bonds. The van der Waals surface area contributed by atoms with Crippen LogP contribution in [0, 0.1) is 28.7 Å². The molecule has 1 aromatic heterocycles. The van der Waals surface area contributed by atoms with Crippen LogP contribution >= 0.6 is 0 Å². The minimum atomic E-state index is -4.12. The number of hydrogen-bond acceptors (Lipinski definition) is 6. The fourth-order valence-corrected chi connectivity index (χ4v) is 5.21. The Morgan fingerprint density at radius 2 is 1.77 bits per heavy atom. The second kappa shape index (κ2) is 7.82. The molecule has 0 radical (unpaired) electrons. The molecule has 2 heterocycles. The molecule has 2 aromatic carbocycles. The standard InChI is InChI=1S/C20H18F2N4O4S/c1-13-11-18(15-3-2-4-17(26(27)28)20(15)23-13)24-7-9-25(10-8-24)31(29,30)19-6-5-14(21)12-16(19)22/h2-6,11-12H,7-10H2,1H3. The van der Waals surface area contributed by atoms with Crippen LogP contribution in [-0.4, -0.2) is 48.8 Å². The van der Waals surface area contributed by atoms with E-state index in [4.69, 9.17) is 0 Å². The number of halogens is 2. The molecule has 1 fully saturated rings. The van der Waals surface area contributed by atoms with Gasteiger partial charge in [0.15, 0.2) is 5.52 Å². The number of sulfonamides is 1. The highest BCUT2D eigenvalue weighted by atomic mass is 32.2. The lowest BCUT2D eigenvalue weighted by atomic mass is 10.1. The van der Waals surface area contributed by atoms with Gasteiger partial charge in [-0.25, -0.2) is 22.2 Å². The number of pyridine rings is 1. The number of hydrogen-bond donors (Lipinski definition) is 0. The summed E-state index contributed by atoms with van der Waals surface area (Å²) in [6.07, 6.45) is 0. The van der Waals surface area contributed by atoms with Gasteiger partial charge in [0.1, 0.15) is 16.5 Å². The molecular weight excluding hydrogens is 430 g/mol. The number of aromatic nitrogens is 1. The summed E-state index contributed by atoms with van der Waals surface area (Å²) >= 11 is 0. The molecule has 1 saturated heterocycles. The van der Waals surface area contributed by atoms with Crippen LogP contribution in [0.25, 0.3) is 10.9 Å². The maximum Gasteiger partial charge on any atom is 0.295 e. The molecule has 0 saturated carbocycles. The maximum absolute atomic E-state index is 14.0. The summed E-state index contributed by atoms with van der Waals surface area (Å²) in [5, 5.41) is 12.0. The van der Waals surface area contributed by atoms with E-state index in [2.05, 4.69) is 4.98 Å². The number of rotatable bonds is 4. The van der Waals surface area contributed by atoms with Crippen LogP contribution in [-0.2, 0) is 10.0 Å². The maximum atomic E-state index is 14.0. The van der Waals surface area contributed by atoms with Gasteiger partial charge in [-0.15, -0.1) is 0 Å². The van der Waals surface area contributed by atoms with Gasteiger partial charge in [-0.05, 0) is 25.1 Å². The number of para-hydroxylation sites is 1. The lowest BCUT2D eigenvalue weighted by Gasteiger charge is -2.36. The van der Waals surface area contributed by atoms with Crippen molar-refractivity contribution in [1.82, 2.24) is 9.29 Å². The number of nitro groups is 1. The van der Waals surface area contributed by atoms with E-state index in [1.165, 1.54) is 6.07 Å². The lowest BCUT2D eigenvalue weighted by molar-refractivity contribution is -0.383. The predicted octanol–water partition coefficient (Wildman–Crippen LogP) is 3.24. The fraction of sp³-hybridized carbons (Fsp3) is 0.250. The molecule has 1 aliphatic rings. The first kappa shape index (κ1) is 21.1. The molecule has 4 rings (SSSR count). The highest BCUT2D eigenvalue weighted by Crippen LogP contribution is 2.33. The number of anilines is 1. The van der Waals surface area contributed by atoms with Gasteiger partial charge >= 0.3 is 0 Å². The number of non-ortho nitro benzene ring substituents is 1. The van der Waals surface area contributed by atoms with Crippen LogP contribution < -0.4 is 4.90 Å². The molecule has 0 spiro atoms. The number of nitro benzene ring substituents is 1. The topological polar surface area (TPSA) is 96.7 Å². The molecule has 0 bridgehead atoms. The van der Waals surface area contributed by atoms with Crippen LogP contribution in [0.2, 0.25) is 0 Å². The molecular formula is C20H18F2N4O4S. The molecule has 31 heavy (non-hydrogen) atoms. The number of nitrogens with zero attached hydrogens (tertiary/aromatic N) is 4. The van der Waals surface area contributed by atoms with Crippen molar-refractivity contribution in [2.75, 3.05) is 31.1 Å². The summed E-state index contributed by atoms with van der Waals surface area (Å²) in [5.41, 5.74) is 1.48. The third kappa shape index (κ3) is 3.81. The van der Waals surface area contributed by atoms with E-state index in [9.17, 15) is 27.3 Å². The van der Waals surface area contributed by atoms with Gasteiger partial charge in [-0.2, -0.15) is 4.31 Å². The van der Waals surface area contributed by atoms with E-state index in [0.717, 1.165) is 22.1 Å². The molecule has 162 valence electrons. The Kier molecular flexibility index (Phi) is 5.31. The Bertz CT molecular complexity index is 1290. The minimum Gasteiger partial charge on any atom is -0.368 e. The monoisotopic (exact) mass is 448 g/mol. The van der Waals surface area contributed by atoms with E-state index in [1.54, 1.807) is 25.1 Å². The lowest BCUT2D eigenvalue weighted by Crippen LogP contribution is -2.48. The quantitative estimate of drug-likeness (QED) is 0.449. The number of piperazine rings is 1. The van der Waals surface area contributed by atoms with Gasteiger partial charge < -0.3 is 4.90 Å². The van der Waals surface area contributed by atoms with Crippen molar-refractivity contribution in [1.29, 1.82) is 0 Å². The van der Waals surface area contributed by atoms with Gasteiger partial charge in [0, 0.05) is 55.1 Å². The molecule has 0 N–H and O–H groups in total. The summed E-state index contributed by atoms with van der Waals surface area (Å²) in [6, 6.07) is 8.88. The Morgan fingerprint density at radius 1 is 1.06 bits per heavy atom. The zero-order chi connectivity index (χ0) is 22.3. The summed E-state index contributed by atoms with van der Waals surface area (Å²) in [5.74, 6) is -1.99. The SMILES string of the molecule is Cc1cc(N2CCN(S(=O)(=O)c3ccc(F)cc3F)CC2)c2cccc([N+](=O)[O-])c2n1. The van der Waals surface area contributed by atoms with E-state index >= 15 is 0 Å². The Balaban J connectivity index is 1.63. The molecule has 3 aromatic rings. The molecule has 0 atom stereocenters. The summed E-state index contributed by atoms with van der Waals surface area (Å²) in [7, 11) is -4.12. The first-order valence-corrected chi connectivity index (χ1v) is 10.9. The zero-order valence-electron chi connectivity index (χ0n) is 16.5. The number of aryl methyl sites for hydroxylation is 1. The van der Waals surface area contributed by atoms with Gasteiger partial charge in [-0.3, -0.25) is 10.1 Å². The molecule has 11 heteroatoms. The summed E-state index contributed by atoms with van der Waals surface area (Å²) in [6.45, 7) is 2.48. The fourth-order valence-electron chi connectivity index (χ4n) is 3.74. The van der Waals surface area contributed by atoms with Crippen LogP contribution in [0.1, 0.15) is 5.69 Å². The predicted molar refractivity (Wildman–Crippen MR) is 110 cm³/mol. The van der Waals surface area contributed by atoms with Gasteiger partial charge in [0.25, 0.3) is 5.69 Å². The summed E-state index contributed by atoms with van der Waals surface area (Å²) in [4.78, 5) is 16.6. The zero-order valence-corrected chi connectivity index (χ0v) is 17.3. The van der Waals surface area contributed by atoms with Crippen molar-refractivity contribution < 1.29 is 22.1 Å². The minimum absolute atomic E-state index is 0.0803. The summed E-state index contributed by atoms with van der Waals surface area (Å²) < 4.78 is 54.0. The molecule has 8 nitrogen and oxygen atoms in total. The van der Waals surface area contributed by atoms with Crippen LogP contribution in [0.15, 0.2) is 47.4 Å². The highest BCUT2D eigenvalue weighted by molar-refractivity contribution is 7.89. The Labute approximate surface area is 176 Å².